The molecule has 1 atom stereocenters. The van der Waals surface area contributed by atoms with Crippen LogP contribution in [-0.2, 0) is 0 Å². The molecule has 0 saturated carbocycles. The highest BCUT2D eigenvalue weighted by molar-refractivity contribution is 14.1. The molecule has 0 aliphatic carbocycles. The van der Waals surface area contributed by atoms with E-state index < -0.39 is 0 Å². The normalized spacial score (nSPS) is 12.7. The first kappa shape index (κ1) is 13.5. The SMILES string of the molecule is Cc1cccc(C(NN)c2sccc2Br)c1I. The van der Waals surface area contributed by atoms with Gasteiger partial charge in [-0.25, -0.2) is 5.43 Å². The summed E-state index contributed by atoms with van der Waals surface area (Å²) in [4.78, 5) is 1.20. The molecule has 2 nitrogen and oxygen atoms in total. The van der Waals surface area contributed by atoms with Gasteiger partial charge >= 0.3 is 0 Å². The second-order valence-electron chi connectivity index (χ2n) is 3.71. The van der Waals surface area contributed by atoms with Crippen molar-refractivity contribution in [3.63, 3.8) is 0 Å². The second kappa shape index (κ2) is 5.79. The van der Waals surface area contributed by atoms with Gasteiger partial charge in [0, 0.05) is 12.9 Å². The topological polar surface area (TPSA) is 38.0 Å². The zero-order chi connectivity index (χ0) is 12.4. The third-order valence-corrected chi connectivity index (χ3v) is 6.02. The van der Waals surface area contributed by atoms with Crippen molar-refractivity contribution in [1.82, 2.24) is 5.43 Å². The number of halogens is 2. The van der Waals surface area contributed by atoms with Gasteiger partial charge in [0.2, 0.25) is 0 Å². The van der Waals surface area contributed by atoms with Crippen LogP contribution in [-0.4, -0.2) is 0 Å². The van der Waals surface area contributed by atoms with E-state index in [1.807, 2.05) is 6.07 Å². The average Bonchev–Trinajstić information content (AvgIpc) is 2.72. The lowest BCUT2D eigenvalue weighted by atomic mass is 10.0. The van der Waals surface area contributed by atoms with Gasteiger partial charge in [-0.15, -0.1) is 11.3 Å². The molecule has 1 aromatic carbocycles. The maximum Gasteiger partial charge on any atom is 0.0824 e. The minimum atomic E-state index is 0.0381. The van der Waals surface area contributed by atoms with Crippen LogP contribution in [0.3, 0.4) is 0 Å². The first-order valence-electron chi connectivity index (χ1n) is 5.09. The summed E-state index contributed by atoms with van der Waals surface area (Å²) in [7, 11) is 0. The summed E-state index contributed by atoms with van der Waals surface area (Å²) < 4.78 is 2.36. The Morgan fingerprint density at radius 3 is 2.76 bits per heavy atom. The molecule has 0 aliphatic heterocycles. The van der Waals surface area contributed by atoms with Crippen molar-refractivity contribution in [1.29, 1.82) is 0 Å². The highest BCUT2D eigenvalue weighted by Gasteiger charge is 2.19. The minimum absolute atomic E-state index is 0.0381. The summed E-state index contributed by atoms with van der Waals surface area (Å²) in [6.07, 6.45) is 0. The molecule has 17 heavy (non-hydrogen) atoms. The van der Waals surface area contributed by atoms with Crippen molar-refractivity contribution in [2.24, 2.45) is 5.84 Å². The van der Waals surface area contributed by atoms with Crippen LogP contribution in [0, 0.1) is 10.5 Å². The number of hydrazine groups is 1. The molecule has 1 aromatic heterocycles. The number of rotatable bonds is 3. The van der Waals surface area contributed by atoms with Crippen LogP contribution >= 0.6 is 49.9 Å². The Kier molecular flexibility index (Phi) is 4.59. The quantitative estimate of drug-likeness (QED) is 0.446. The Morgan fingerprint density at radius 1 is 1.41 bits per heavy atom. The highest BCUT2D eigenvalue weighted by Crippen LogP contribution is 2.35. The van der Waals surface area contributed by atoms with Gasteiger partial charge in [0.05, 0.1) is 6.04 Å². The fourth-order valence-corrected chi connectivity index (χ4v) is 4.06. The van der Waals surface area contributed by atoms with Gasteiger partial charge in [-0.1, -0.05) is 18.2 Å². The van der Waals surface area contributed by atoms with Crippen LogP contribution in [0.15, 0.2) is 34.1 Å². The molecular formula is C12H12BrIN2S. The van der Waals surface area contributed by atoms with Crippen molar-refractivity contribution < 1.29 is 0 Å². The summed E-state index contributed by atoms with van der Waals surface area (Å²) in [5.74, 6) is 5.72. The van der Waals surface area contributed by atoms with E-state index in [0.29, 0.717) is 0 Å². The van der Waals surface area contributed by atoms with Crippen molar-refractivity contribution in [2.45, 2.75) is 13.0 Å². The standard InChI is InChI=1S/C12H12BrIN2S/c1-7-3-2-4-8(10(7)14)11(16-15)12-9(13)5-6-17-12/h2-6,11,16H,15H2,1H3. The van der Waals surface area contributed by atoms with Gasteiger partial charge in [-0.2, -0.15) is 0 Å². The van der Waals surface area contributed by atoms with Gasteiger partial charge in [-0.05, 0) is 68.0 Å². The Hall–Kier alpha value is 0.0500. The summed E-state index contributed by atoms with van der Waals surface area (Å²) in [5.41, 5.74) is 5.40. The molecule has 0 amide bonds. The zero-order valence-corrected chi connectivity index (χ0v) is 13.8. The van der Waals surface area contributed by atoms with Crippen molar-refractivity contribution >= 4 is 49.9 Å². The smallest absolute Gasteiger partial charge is 0.0824 e. The van der Waals surface area contributed by atoms with E-state index in [-0.39, 0.29) is 6.04 Å². The van der Waals surface area contributed by atoms with E-state index in [4.69, 9.17) is 5.84 Å². The van der Waals surface area contributed by atoms with E-state index in [1.54, 1.807) is 11.3 Å². The summed E-state index contributed by atoms with van der Waals surface area (Å²) in [6.45, 7) is 2.11. The number of hydrogen-bond donors (Lipinski definition) is 2. The van der Waals surface area contributed by atoms with Crippen LogP contribution in [0.2, 0.25) is 0 Å². The van der Waals surface area contributed by atoms with Gasteiger partial charge in [-0.3, -0.25) is 5.84 Å². The summed E-state index contributed by atoms with van der Waals surface area (Å²) in [6, 6.07) is 8.38. The molecule has 5 heteroatoms. The molecule has 0 fully saturated rings. The van der Waals surface area contributed by atoms with Crippen molar-refractivity contribution in [3.05, 3.63) is 53.7 Å². The molecule has 0 radical (unpaired) electrons. The van der Waals surface area contributed by atoms with Gasteiger partial charge in [0.25, 0.3) is 0 Å². The fraction of sp³-hybridized carbons (Fsp3) is 0.167. The molecule has 0 saturated heterocycles. The minimum Gasteiger partial charge on any atom is -0.271 e. The Bertz CT molecular complexity index is 527. The van der Waals surface area contributed by atoms with Crippen LogP contribution in [0.5, 0.6) is 0 Å². The molecule has 2 rings (SSSR count). The van der Waals surface area contributed by atoms with Gasteiger partial charge in [0.1, 0.15) is 0 Å². The van der Waals surface area contributed by atoms with Crippen molar-refractivity contribution in [2.75, 3.05) is 0 Å². The van der Waals surface area contributed by atoms with Crippen molar-refractivity contribution in [3.8, 4) is 0 Å². The monoisotopic (exact) mass is 422 g/mol. The number of aryl methyl sites for hydroxylation is 1. The predicted molar refractivity (Wildman–Crippen MR) is 85.1 cm³/mol. The lowest BCUT2D eigenvalue weighted by Crippen LogP contribution is -2.29. The molecule has 1 unspecified atom stereocenters. The molecule has 3 N–H and O–H groups in total. The molecule has 90 valence electrons. The summed E-state index contributed by atoms with van der Waals surface area (Å²) in [5, 5.41) is 2.06. The highest BCUT2D eigenvalue weighted by atomic mass is 127. The number of nitrogens with two attached hydrogens (primary N) is 1. The molecule has 0 spiro atoms. The lowest BCUT2D eigenvalue weighted by molar-refractivity contribution is 0.641. The maximum absolute atomic E-state index is 5.72. The first-order valence-corrected chi connectivity index (χ1v) is 7.84. The summed E-state index contributed by atoms with van der Waals surface area (Å²) >= 11 is 7.63. The largest absolute Gasteiger partial charge is 0.271 e. The molecule has 2 aromatic rings. The van der Waals surface area contributed by atoms with E-state index in [2.05, 4.69) is 74.4 Å². The molecule has 1 heterocycles. The van der Waals surface area contributed by atoms with Gasteiger partial charge in [0.15, 0.2) is 0 Å². The molecule has 0 bridgehead atoms. The Labute approximate surface area is 127 Å². The van der Waals surface area contributed by atoms with Crippen LogP contribution in [0.25, 0.3) is 0 Å². The number of hydrogen-bond acceptors (Lipinski definition) is 3. The fourth-order valence-electron chi connectivity index (χ4n) is 1.71. The van der Waals surface area contributed by atoms with Gasteiger partial charge < -0.3 is 0 Å². The first-order chi connectivity index (χ1) is 8.15. The van der Waals surface area contributed by atoms with Crippen LogP contribution < -0.4 is 11.3 Å². The van der Waals surface area contributed by atoms with E-state index in [0.717, 1.165) is 4.47 Å². The third kappa shape index (κ3) is 2.73. The molecule has 0 aliphatic rings. The number of benzene rings is 1. The Morgan fingerprint density at radius 2 is 2.18 bits per heavy atom. The Balaban J connectivity index is 2.50. The number of nitrogens with one attached hydrogen (secondary N) is 1. The second-order valence-corrected chi connectivity index (χ2v) is 6.59. The zero-order valence-electron chi connectivity index (χ0n) is 9.21. The van der Waals surface area contributed by atoms with Crippen LogP contribution in [0.4, 0.5) is 0 Å². The lowest BCUT2D eigenvalue weighted by Gasteiger charge is -2.18. The number of thiophene rings is 1. The maximum atomic E-state index is 5.72. The third-order valence-electron chi connectivity index (χ3n) is 2.61. The van der Waals surface area contributed by atoms with E-state index in [1.165, 1.54) is 19.6 Å². The molecular weight excluding hydrogens is 411 g/mol. The van der Waals surface area contributed by atoms with Crippen LogP contribution in [0.1, 0.15) is 22.0 Å². The predicted octanol–water partition coefficient (Wildman–Crippen LogP) is 3.98. The average molecular weight is 423 g/mol. The van der Waals surface area contributed by atoms with E-state index in [9.17, 15) is 0 Å². The van der Waals surface area contributed by atoms with E-state index >= 15 is 0 Å².